The van der Waals surface area contributed by atoms with Gasteiger partial charge >= 0.3 is 10.3 Å². The first-order chi connectivity index (χ1) is 5.06. The first-order valence-electron chi connectivity index (χ1n) is 2.58. The Morgan fingerprint density at radius 3 is 2.27 bits per heavy atom. The molecule has 0 unspecified atom stereocenters. The molecule has 5 nitrogen and oxygen atoms in total. The van der Waals surface area contributed by atoms with Crippen molar-refractivity contribution in [3.63, 3.8) is 0 Å². The second-order valence-electron chi connectivity index (χ2n) is 1.47. The highest BCUT2D eigenvalue weighted by Crippen LogP contribution is 1.75. The Balaban J connectivity index is 3.80. The number of rotatable bonds is 4. The van der Waals surface area contributed by atoms with Crippen LogP contribution in [0.1, 0.15) is 0 Å². The predicted molar refractivity (Wildman–Crippen MR) is 39.0 cm³/mol. The molecule has 0 atom stereocenters. The van der Waals surface area contributed by atoms with Gasteiger partial charge < -0.3 is 0 Å². The van der Waals surface area contributed by atoms with E-state index in [2.05, 4.69) is 0 Å². The summed E-state index contributed by atoms with van der Waals surface area (Å²) in [6.07, 6.45) is 5.25. The highest BCUT2D eigenvalue weighted by Gasteiger charge is 1.93. The number of aldehydes is 1. The van der Waals surface area contributed by atoms with Crippen molar-refractivity contribution in [3.05, 3.63) is 24.4 Å². The van der Waals surface area contributed by atoms with E-state index in [0.717, 1.165) is 6.20 Å². The van der Waals surface area contributed by atoms with Crippen molar-refractivity contribution >= 4 is 16.6 Å². The molecule has 0 fully saturated rings. The summed E-state index contributed by atoms with van der Waals surface area (Å²) in [7, 11) is -4.17. The van der Waals surface area contributed by atoms with Crippen LogP contribution in [0, 0.1) is 0 Å². The third-order valence-electron chi connectivity index (χ3n) is 0.614. The monoisotopic (exact) mass is 177 g/mol. The van der Waals surface area contributed by atoms with Gasteiger partial charge in [-0.1, -0.05) is 6.08 Å². The predicted octanol–water partition coefficient (Wildman–Crippen LogP) is -0.352. The molecule has 0 aromatic carbocycles. The molecule has 0 aliphatic carbocycles. The lowest BCUT2D eigenvalue weighted by Crippen LogP contribution is -2.15. The highest BCUT2D eigenvalue weighted by atomic mass is 32.2. The molecule has 0 aromatic rings. The second-order valence-corrected chi connectivity index (χ2v) is 2.66. The van der Waals surface area contributed by atoms with E-state index < -0.39 is 10.3 Å². The molecule has 0 rings (SSSR count). The van der Waals surface area contributed by atoms with Crippen LogP contribution in [-0.2, 0) is 15.1 Å². The first kappa shape index (κ1) is 9.86. The molecule has 0 spiro atoms. The van der Waals surface area contributed by atoms with Crippen LogP contribution >= 0.6 is 0 Å². The van der Waals surface area contributed by atoms with Crippen LogP contribution in [0.15, 0.2) is 24.4 Å². The average molecular weight is 177 g/mol. The van der Waals surface area contributed by atoms with Crippen LogP contribution in [0.25, 0.3) is 0 Å². The Bertz CT molecular complexity index is 264. The van der Waals surface area contributed by atoms with Gasteiger partial charge in [0, 0.05) is 6.20 Å². The van der Waals surface area contributed by atoms with E-state index in [1.165, 1.54) is 18.2 Å². The number of carbonyl (C=O) groups is 1. The fraction of sp³-hybridized carbons (Fsp3) is 0. The van der Waals surface area contributed by atoms with Crippen molar-refractivity contribution < 1.29 is 17.8 Å². The van der Waals surface area contributed by atoms with Gasteiger partial charge in [-0.2, -0.15) is 8.42 Å². The van der Waals surface area contributed by atoms with Gasteiger partial charge in [0.15, 0.2) is 0 Å². The van der Waals surface area contributed by atoms with Gasteiger partial charge in [-0.15, -0.1) is 0 Å². The van der Waals surface area contributed by atoms with Gasteiger partial charge in [0.1, 0.15) is 6.29 Å². The summed E-state index contributed by atoms with van der Waals surface area (Å²) in [4.78, 5) is 9.66. The molecule has 0 amide bonds. The Morgan fingerprint density at radius 1 is 1.18 bits per heavy atom. The van der Waals surface area contributed by atoms with E-state index in [4.69, 9.17) is 4.55 Å². The van der Waals surface area contributed by atoms with Gasteiger partial charge in [-0.25, -0.2) is 0 Å². The molecule has 0 saturated heterocycles. The van der Waals surface area contributed by atoms with E-state index in [-0.39, 0.29) is 0 Å². The zero-order valence-electron chi connectivity index (χ0n) is 5.47. The topological polar surface area (TPSA) is 83.5 Å². The Hall–Kier alpha value is -1.14. The van der Waals surface area contributed by atoms with Crippen LogP contribution in [-0.4, -0.2) is 19.3 Å². The largest absolute Gasteiger partial charge is 0.357 e. The number of nitrogens with one attached hydrogen (secondary N) is 1. The minimum Gasteiger partial charge on any atom is -0.299 e. The third kappa shape index (κ3) is 8.86. The van der Waals surface area contributed by atoms with Gasteiger partial charge in [0.2, 0.25) is 0 Å². The number of hydrogen-bond donors (Lipinski definition) is 2. The molecule has 0 bridgehead atoms. The van der Waals surface area contributed by atoms with E-state index in [1.807, 2.05) is 0 Å². The molecule has 0 heterocycles. The molecular formula is C5H7NO4S. The fourth-order valence-electron chi connectivity index (χ4n) is 0.290. The number of carbonyl (C=O) groups excluding carboxylic acids is 1. The van der Waals surface area contributed by atoms with Gasteiger partial charge in [0.25, 0.3) is 0 Å². The second kappa shape index (κ2) is 4.64. The van der Waals surface area contributed by atoms with Crippen LogP contribution in [0.3, 0.4) is 0 Å². The van der Waals surface area contributed by atoms with E-state index in [1.54, 1.807) is 4.72 Å². The van der Waals surface area contributed by atoms with Gasteiger partial charge in [0.05, 0.1) is 0 Å². The normalized spacial score (nSPS) is 12.5. The zero-order chi connectivity index (χ0) is 8.74. The summed E-state index contributed by atoms with van der Waals surface area (Å²) in [6, 6.07) is 0. The highest BCUT2D eigenvalue weighted by molar-refractivity contribution is 7.83. The molecule has 0 aliphatic heterocycles. The van der Waals surface area contributed by atoms with E-state index >= 15 is 0 Å². The quantitative estimate of drug-likeness (QED) is 0.266. The van der Waals surface area contributed by atoms with Crippen molar-refractivity contribution in [1.82, 2.24) is 4.72 Å². The minimum atomic E-state index is -4.17. The fourth-order valence-corrected chi connectivity index (χ4v) is 0.541. The Morgan fingerprint density at radius 2 is 1.82 bits per heavy atom. The first-order valence-corrected chi connectivity index (χ1v) is 4.02. The molecule has 62 valence electrons. The van der Waals surface area contributed by atoms with Crippen molar-refractivity contribution in [2.75, 3.05) is 0 Å². The molecular weight excluding hydrogens is 170 g/mol. The lowest BCUT2D eigenvalue weighted by molar-refractivity contribution is -0.104. The van der Waals surface area contributed by atoms with Crippen LogP contribution < -0.4 is 4.72 Å². The standard InChI is InChI=1S/C5H7NO4S/c7-5-3-1-2-4-6-11(8,9)10/h1-6H,(H,8,9,10). The van der Waals surface area contributed by atoms with Crippen molar-refractivity contribution in [2.24, 2.45) is 0 Å². The molecule has 2 N–H and O–H groups in total. The summed E-state index contributed by atoms with van der Waals surface area (Å²) in [5.41, 5.74) is 0. The number of hydrogen-bond acceptors (Lipinski definition) is 3. The molecule has 11 heavy (non-hydrogen) atoms. The summed E-state index contributed by atoms with van der Waals surface area (Å²) in [5.74, 6) is 0. The van der Waals surface area contributed by atoms with Crippen molar-refractivity contribution in [2.45, 2.75) is 0 Å². The number of allylic oxidation sites excluding steroid dienone is 3. The van der Waals surface area contributed by atoms with Crippen molar-refractivity contribution in [3.8, 4) is 0 Å². The summed E-state index contributed by atoms with van der Waals surface area (Å²) >= 11 is 0. The van der Waals surface area contributed by atoms with E-state index in [0.29, 0.717) is 6.29 Å². The lowest BCUT2D eigenvalue weighted by Gasteiger charge is -1.89. The van der Waals surface area contributed by atoms with Crippen LogP contribution in [0.2, 0.25) is 0 Å². The smallest absolute Gasteiger partial charge is 0.299 e. The maximum absolute atomic E-state index is 9.96. The van der Waals surface area contributed by atoms with Crippen molar-refractivity contribution in [1.29, 1.82) is 0 Å². The molecule has 0 radical (unpaired) electrons. The van der Waals surface area contributed by atoms with Gasteiger partial charge in [-0.3, -0.25) is 14.1 Å². The van der Waals surface area contributed by atoms with Crippen LogP contribution in [0.4, 0.5) is 0 Å². The van der Waals surface area contributed by atoms with Crippen LogP contribution in [0.5, 0.6) is 0 Å². The molecule has 0 saturated carbocycles. The zero-order valence-corrected chi connectivity index (χ0v) is 6.28. The van der Waals surface area contributed by atoms with E-state index in [9.17, 15) is 13.2 Å². The molecule has 6 heteroatoms. The molecule has 0 aliphatic rings. The third-order valence-corrected chi connectivity index (χ3v) is 1.05. The SMILES string of the molecule is O=CC=CC=CNS(=O)(=O)O. The summed E-state index contributed by atoms with van der Waals surface area (Å²) < 4.78 is 29.7. The average Bonchev–Trinajstić information content (AvgIpc) is 1.85. The molecule has 0 aromatic heterocycles. The van der Waals surface area contributed by atoms with Gasteiger partial charge in [-0.05, 0) is 12.2 Å². The Labute approximate surface area is 64.3 Å². The Kier molecular flexibility index (Phi) is 4.16. The summed E-state index contributed by atoms with van der Waals surface area (Å²) in [5, 5.41) is 0. The maximum Gasteiger partial charge on any atom is 0.357 e. The minimum absolute atomic E-state index is 0.539. The maximum atomic E-state index is 9.96. The summed E-state index contributed by atoms with van der Waals surface area (Å²) in [6.45, 7) is 0. The lowest BCUT2D eigenvalue weighted by atomic mass is 10.5.